The molecule has 1 aliphatic heterocycles. The van der Waals surface area contributed by atoms with Crippen LogP contribution in [0.1, 0.15) is 46.0 Å². The van der Waals surface area contributed by atoms with Gasteiger partial charge >= 0.3 is 5.97 Å². The summed E-state index contributed by atoms with van der Waals surface area (Å²) < 4.78 is 5.40. The number of hydrogen-bond acceptors (Lipinski definition) is 3. The molecule has 3 unspecified atom stereocenters. The standard InChI is InChI=1S/C15H27NO3/c1-11-3-4-14(12(2)9-11)16-7-5-13(6-8-16)19-10-15(17)18/h11-14H,3-10H2,1-2H3,(H,17,18). The lowest BCUT2D eigenvalue weighted by atomic mass is 9.78. The van der Waals surface area contributed by atoms with Gasteiger partial charge in [0.2, 0.25) is 0 Å². The second-order valence-corrected chi connectivity index (χ2v) is 6.40. The van der Waals surface area contributed by atoms with E-state index in [0.717, 1.165) is 43.8 Å². The Morgan fingerprint density at radius 1 is 1.21 bits per heavy atom. The summed E-state index contributed by atoms with van der Waals surface area (Å²) in [4.78, 5) is 13.1. The molecule has 0 amide bonds. The first-order valence-electron chi connectivity index (χ1n) is 7.63. The normalized spacial score (nSPS) is 34.3. The molecule has 110 valence electrons. The molecular weight excluding hydrogens is 242 g/mol. The highest BCUT2D eigenvalue weighted by molar-refractivity contribution is 5.68. The molecule has 1 saturated carbocycles. The maximum absolute atomic E-state index is 10.5. The topological polar surface area (TPSA) is 49.8 Å². The van der Waals surface area contributed by atoms with Crippen molar-refractivity contribution in [2.24, 2.45) is 11.8 Å². The van der Waals surface area contributed by atoms with Gasteiger partial charge in [-0.05, 0) is 43.9 Å². The maximum Gasteiger partial charge on any atom is 0.329 e. The van der Waals surface area contributed by atoms with E-state index in [0.29, 0.717) is 0 Å². The van der Waals surface area contributed by atoms with Crippen LogP contribution in [0.3, 0.4) is 0 Å². The largest absolute Gasteiger partial charge is 0.480 e. The Bertz CT molecular complexity index is 300. The average molecular weight is 269 g/mol. The third-order valence-corrected chi connectivity index (χ3v) is 4.77. The lowest BCUT2D eigenvalue weighted by Crippen LogP contribution is -2.48. The monoisotopic (exact) mass is 269 g/mol. The maximum atomic E-state index is 10.5. The Morgan fingerprint density at radius 3 is 2.47 bits per heavy atom. The fraction of sp³-hybridized carbons (Fsp3) is 0.933. The molecular formula is C15H27NO3. The Kier molecular flexibility index (Phi) is 5.22. The van der Waals surface area contributed by atoms with Crippen LogP contribution in [0, 0.1) is 11.8 Å². The summed E-state index contributed by atoms with van der Waals surface area (Å²) >= 11 is 0. The highest BCUT2D eigenvalue weighted by Crippen LogP contribution is 2.33. The Morgan fingerprint density at radius 2 is 1.89 bits per heavy atom. The van der Waals surface area contributed by atoms with Crippen LogP contribution < -0.4 is 0 Å². The minimum atomic E-state index is -0.864. The fourth-order valence-corrected chi connectivity index (χ4v) is 3.76. The van der Waals surface area contributed by atoms with Crippen molar-refractivity contribution in [3.63, 3.8) is 0 Å². The molecule has 3 atom stereocenters. The number of ether oxygens (including phenoxy) is 1. The SMILES string of the molecule is CC1CCC(N2CCC(OCC(=O)O)CC2)C(C)C1. The molecule has 1 saturated heterocycles. The van der Waals surface area contributed by atoms with Crippen molar-refractivity contribution < 1.29 is 14.6 Å². The molecule has 1 N–H and O–H groups in total. The first kappa shape index (κ1) is 14.8. The molecule has 4 nitrogen and oxygen atoms in total. The summed E-state index contributed by atoms with van der Waals surface area (Å²) in [6, 6.07) is 0.733. The van der Waals surface area contributed by atoms with E-state index in [1.165, 1.54) is 19.3 Å². The summed E-state index contributed by atoms with van der Waals surface area (Å²) in [5.41, 5.74) is 0. The highest BCUT2D eigenvalue weighted by Gasteiger charge is 2.32. The van der Waals surface area contributed by atoms with Gasteiger partial charge in [-0.15, -0.1) is 0 Å². The zero-order chi connectivity index (χ0) is 13.8. The van der Waals surface area contributed by atoms with E-state index in [1.807, 2.05) is 0 Å². The third-order valence-electron chi connectivity index (χ3n) is 4.77. The number of rotatable bonds is 4. The average Bonchev–Trinajstić information content (AvgIpc) is 2.37. The number of piperidine rings is 1. The quantitative estimate of drug-likeness (QED) is 0.851. The van der Waals surface area contributed by atoms with Crippen LogP contribution in [0.4, 0.5) is 0 Å². The molecule has 0 bridgehead atoms. The van der Waals surface area contributed by atoms with Crippen molar-refractivity contribution >= 4 is 5.97 Å². The number of hydrogen-bond donors (Lipinski definition) is 1. The van der Waals surface area contributed by atoms with Crippen molar-refractivity contribution in [1.29, 1.82) is 0 Å². The zero-order valence-electron chi connectivity index (χ0n) is 12.2. The van der Waals surface area contributed by atoms with Gasteiger partial charge in [-0.2, -0.15) is 0 Å². The molecule has 1 aliphatic carbocycles. The lowest BCUT2D eigenvalue weighted by molar-refractivity contribution is -0.145. The van der Waals surface area contributed by atoms with Gasteiger partial charge in [0.15, 0.2) is 0 Å². The second kappa shape index (κ2) is 6.71. The van der Waals surface area contributed by atoms with Crippen LogP contribution >= 0.6 is 0 Å². The molecule has 0 spiro atoms. The van der Waals surface area contributed by atoms with Crippen LogP contribution in [0.25, 0.3) is 0 Å². The number of aliphatic carboxylic acids is 1. The van der Waals surface area contributed by atoms with Crippen molar-refractivity contribution in [3.8, 4) is 0 Å². The predicted molar refractivity (Wildman–Crippen MR) is 74.1 cm³/mol. The van der Waals surface area contributed by atoms with E-state index >= 15 is 0 Å². The smallest absolute Gasteiger partial charge is 0.329 e. The van der Waals surface area contributed by atoms with Crippen molar-refractivity contribution in [3.05, 3.63) is 0 Å². The zero-order valence-corrected chi connectivity index (χ0v) is 12.2. The summed E-state index contributed by atoms with van der Waals surface area (Å²) in [5, 5.41) is 8.62. The minimum absolute atomic E-state index is 0.144. The number of likely N-dealkylation sites (tertiary alicyclic amines) is 1. The fourth-order valence-electron chi connectivity index (χ4n) is 3.76. The Labute approximate surface area is 116 Å². The van der Waals surface area contributed by atoms with Gasteiger partial charge in [0.05, 0.1) is 6.10 Å². The summed E-state index contributed by atoms with van der Waals surface area (Å²) in [6.07, 6.45) is 6.12. The second-order valence-electron chi connectivity index (χ2n) is 6.40. The lowest BCUT2D eigenvalue weighted by Gasteiger charge is -2.43. The van der Waals surface area contributed by atoms with Crippen LogP contribution in [0.15, 0.2) is 0 Å². The summed E-state index contributed by atoms with van der Waals surface area (Å²) in [5.74, 6) is 0.806. The van der Waals surface area contributed by atoms with E-state index in [4.69, 9.17) is 9.84 Å². The van der Waals surface area contributed by atoms with Gasteiger partial charge in [-0.1, -0.05) is 13.8 Å². The minimum Gasteiger partial charge on any atom is -0.480 e. The van der Waals surface area contributed by atoms with Crippen LogP contribution in [-0.2, 0) is 9.53 Å². The molecule has 0 aromatic carbocycles. The molecule has 2 fully saturated rings. The molecule has 0 aromatic heterocycles. The van der Waals surface area contributed by atoms with Crippen molar-refractivity contribution in [2.75, 3.05) is 19.7 Å². The molecule has 0 aromatic rings. The highest BCUT2D eigenvalue weighted by atomic mass is 16.5. The van der Waals surface area contributed by atoms with Crippen LogP contribution in [0.5, 0.6) is 0 Å². The van der Waals surface area contributed by atoms with E-state index in [2.05, 4.69) is 18.7 Å². The number of carbonyl (C=O) groups is 1. The van der Waals surface area contributed by atoms with Crippen molar-refractivity contribution in [2.45, 2.75) is 58.1 Å². The first-order chi connectivity index (χ1) is 9.06. The molecule has 2 rings (SSSR count). The summed E-state index contributed by atoms with van der Waals surface area (Å²) in [6.45, 7) is 6.72. The van der Waals surface area contributed by atoms with Gasteiger partial charge in [0.25, 0.3) is 0 Å². The first-order valence-corrected chi connectivity index (χ1v) is 7.63. The molecule has 0 radical (unpaired) electrons. The van der Waals surface area contributed by atoms with E-state index in [9.17, 15) is 4.79 Å². The third kappa shape index (κ3) is 4.18. The Hall–Kier alpha value is -0.610. The van der Waals surface area contributed by atoms with Crippen molar-refractivity contribution in [1.82, 2.24) is 4.90 Å². The molecule has 1 heterocycles. The molecule has 2 aliphatic rings. The Balaban J connectivity index is 1.75. The van der Waals surface area contributed by atoms with Gasteiger partial charge in [-0.3, -0.25) is 4.90 Å². The van der Waals surface area contributed by atoms with Gasteiger partial charge in [0, 0.05) is 19.1 Å². The molecule has 19 heavy (non-hydrogen) atoms. The van der Waals surface area contributed by atoms with E-state index < -0.39 is 5.97 Å². The van der Waals surface area contributed by atoms with Gasteiger partial charge in [0.1, 0.15) is 6.61 Å². The predicted octanol–water partition coefficient (Wildman–Crippen LogP) is 2.38. The van der Waals surface area contributed by atoms with Crippen LogP contribution in [-0.4, -0.2) is 47.8 Å². The summed E-state index contributed by atoms with van der Waals surface area (Å²) in [7, 11) is 0. The van der Waals surface area contributed by atoms with E-state index in [1.54, 1.807) is 0 Å². The number of carboxylic acid groups (broad SMARTS) is 1. The molecule has 4 heteroatoms. The van der Waals surface area contributed by atoms with Gasteiger partial charge < -0.3 is 9.84 Å². The van der Waals surface area contributed by atoms with Crippen LogP contribution in [0.2, 0.25) is 0 Å². The van der Waals surface area contributed by atoms with Gasteiger partial charge in [-0.25, -0.2) is 4.79 Å². The number of carboxylic acids is 1. The van der Waals surface area contributed by atoms with E-state index in [-0.39, 0.29) is 12.7 Å². The number of nitrogens with zero attached hydrogens (tertiary/aromatic N) is 1.